The minimum absolute atomic E-state index is 0.0237. The van der Waals surface area contributed by atoms with Gasteiger partial charge >= 0.3 is 0 Å². The maximum Gasteiger partial charge on any atom is 0.255 e. The lowest BCUT2D eigenvalue weighted by Gasteiger charge is -2.26. The number of hydrogen-bond acceptors (Lipinski definition) is 7. The first-order valence-electron chi connectivity index (χ1n) is 10.5. The molecular weight excluding hydrogens is 470 g/mol. The molecule has 2 N–H and O–H groups in total. The van der Waals surface area contributed by atoms with Crippen LogP contribution in [0.2, 0.25) is 0 Å². The molecule has 12 heteroatoms. The largest absolute Gasteiger partial charge is 0.506 e. The van der Waals surface area contributed by atoms with Gasteiger partial charge in [0.15, 0.2) is 0 Å². The molecule has 0 atom stereocenters. The zero-order valence-electron chi connectivity index (χ0n) is 17.8. The lowest BCUT2D eigenvalue weighted by atomic mass is 10.2. The molecule has 0 radical (unpaired) electrons. The van der Waals surface area contributed by atoms with Crippen LogP contribution in [0, 0.1) is 0 Å². The van der Waals surface area contributed by atoms with E-state index in [4.69, 9.17) is 4.74 Å². The van der Waals surface area contributed by atoms with E-state index in [2.05, 4.69) is 5.32 Å². The average Bonchev–Trinajstić information content (AvgIpc) is 3.37. The Labute approximate surface area is 192 Å². The van der Waals surface area contributed by atoms with Crippen molar-refractivity contribution < 1.29 is 31.5 Å². The highest BCUT2D eigenvalue weighted by atomic mass is 32.2. The Bertz CT molecular complexity index is 1230. The monoisotopic (exact) mass is 495 g/mol. The smallest absolute Gasteiger partial charge is 0.255 e. The summed E-state index contributed by atoms with van der Waals surface area (Å²) in [6, 6.07) is 9.15. The molecule has 2 fully saturated rings. The number of phenols is 1. The SMILES string of the molecule is O=C(Nc1cc(S(=O)(=O)N2CCCC2)ccc1O)c1ccc(S(=O)(=O)N2CCOCC2)cc1. The van der Waals surface area contributed by atoms with Crippen molar-refractivity contribution in [3.05, 3.63) is 48.0 Å². The van der Waals surface area contributed by atoms with E-state index < -0.39 is 26.0 Å². The zero-order chi connectivity index (χ0) is 23.6. The predicted molar refractivity (Wildman–Crippen MR) is 120 cm³/mol. The molecular formula is C21H25N3O7S2. The van der Waals surface area contributed by atoms with Crippen LogP contribution in [0.3, 0.4) is 0 Å². The topological polar surface area (TPSA) is 133 Å². The van der Waals surface area contributed by atoms with Crippen LogP contribution in [0.25, 0.3) is 0 Å². The Hall–Kier alpha value is -2.51. The van der Waals surface area contributed by atoms with E-state index >= 15 is 0 Å². The van der Waals surface area contributed by atoms with Crippen LogP contribution in [0.5, 0.6) is 5.75 Å². The summed E-state index contributed by atoms with van der Waals surface area (Å²) in [5, 5.41) is 12.6. The Morgan fingerprint density at radius 1 is 0.818 bits per heavy atom. The third kappa shape index (κ3) is 4.89. The molecule has 10 nitrogen and oxygen atoms in total. The molecule has 33 heavy (non-hydrogen) atoms. The van der Waals surface area contributed by atoms with Crippen molar-refractivity contribution in [1.82, 2.24) is 8.61 Å². The third-order valence-electron chi connectivity index (χ3n) is 5.64. The van der Waals surface area contributed by atoms with E-state index in [1.807, 2.05) is 0 Å². The van der Waals surface area contributed by atoms with Gasteiger partial charge in [-0.25, -0.2) is 16.8 Å². The summed E-state index contributed by atoms with van der Waals surface area (Å²) in [5.74, 6) is -0.897. The summed E-state index contributed by atoms with van der Waals surface area (Å²) in [6.07, 6.45) is 1.58. The highest BCUT2D eigenvalue weighted by Gasteiger charge is 2.28. The molecule has 178 valence electrons. The van der Waals surface area contributed by atoms with Gasteiger partial charge < -0.3 is 15.2 Å². The molecule has 2 aromatic rings. The minimum Gasteiger partial charge on any atom is -0.506 e. The van der Waals surface area contributed by atoms with Gasteiger partial charge in [0, 0.05) is 31.7 Å². The number of aromatic hydroxyl groups is 1. The van der Waals surface area contributed by atoms with Gasteiger partial charge in [-0.05, 0) is 55.3 Å². The molecule has 2 aromatic carbocycles. The molecule has 0 saturated carbocycles. The number of amides is 1. The van der Waals surface area contributed by atoms with Crippen LogP contribution >= 0.6 is 0 Å². The number of carbonyl (C=O) groups excluding carboxylic acids is 1. The van der Waals surface area contributed by atoms with Gasteiger partial charge in [0.2, 0.25) is 20.0 Å². The van der Waals surface area contributed by atoms with Crippen LogP contribution in [0.4, 0.5) is 5.69 Å². The van der Waals surface area contributed by atoms with Gasteiger partial charge in [0.1, 0.15) is 5.75 Å². The van der Waals surface area contributed by atoms with E-state index in [0.717, 1.165) is 12.8 Å². The molecule has 2 saturated heterocycles. The fraction of sp³-hybridized carbons (Fsp3) is 0.381. The highest BCUT2D eigenvalue weighted by Crippen LogP contribution is 2.30. The summed E-state index contributed by atoms with van der Waals surface area (Å²) in [7, 11) is -7.41. The molecule has 0 bridgehead atoms. The van der Waals surface area contributed by atoms with Crippen molar-refractivity contribution in [2.24, 2.45) is 0 Å². The Balaban J connectivity index is 1.51. The van der Waals surface area contributed by atoms with Crippen molar-refractivity contribution in [2.45, 2.75) is 22.6 Å². The first-order chi connectivity index (χ1) is 15.7. The number of rotatable bonds is 6. The average molecular weight is 496 g/mol. The Morgan fingerprint density at radius 2 is 1.36 bits per heavy atom. The van der Waals surface area contributed by atoms with Gasteiger partial charge in [-0.1, -0.05) is 0 Å². The normalized spacial score (nSPS) is 18.3. The van der Waals surface area contributed by atoms with Gasteiger partial charge in [0.25, 0.3) is 5.91 Å². The number of benzene rings is 2. The van der Waals surface area contributed by atoms with Crippen molar-refractivity contribution >= 4 is 31.6 Å². The number of morpholine rings is 1. The molecule has 0 aliphatic carbocycles. The lowest BCUT2D eigenvalue weighted by molar-refractivity contribution is 0.0730. The van der Waals surface area contributed by atoms with Crippen molar-refractivity contribution in [3.63, 3.8) is 0 Å². The number of carbonyl (C=O) groups is 1. The number of sulfonamides is 2. The van der Waals surface area contributed by atoms with Crippen LogP contribution < -0.4 is 5.32 Å². The number of anilines is 1. The molecule has 1 amide bonds. The van der Waals surface area contributed by atoms with Crippen LogP contribution in [0.15, 0.2) is 52.3 Å². The summed E-state index contributed by atoms with van der Waals surface area (Å²) in [4.78, 5) is 12.7. The molecule has 2 aliphatic heterocycles. The fourth-order valence-electron chi connectivity index (χ4n) is 3.76. The summed E-state index contributed by atoms with van der Waals surface area (Å²) in [5.41, 5.74) is 0.105. The van der Waals surface area contributed by atoms with E-state index in [1.165, 1.54) is 51.1 Å². The zero-order valence-corrected chi connectivity index (χ0v) is 19.4. The summed E-state index contributed by atoms with van der Waals surface area (Å²) >= 11 is 0. The highest BCUT2D eigenvalue weighted by molar-refractivity contribution is 7.89. The van der Waals surface area contributed by atoms with Crippen molar-refractivity contribution in [1.29, 1.82) is 0 Å². The van der Waals surface area contributed by atoms with Crippen LogP contribution in [-0.2, 0) is 24.8 Å². The second-order valence-corrected chi connectivity index (χ2v) is 11.7. The standard InChI is InChI=1S/C21H25N3O7S2/c25-20-8-7-18(33(29,30)23-9-1-2-10-23)15-19(20)22-21(26)16-3-5-17(6-4-16)32(27,28)24-11-13-31-14-12-24/h3-8,15,25H,1-2,9-14H2,(H,22,26). The second-order valence-electron chi connectivity index (χ2n) is 7.79. The van der Waals surface area contributed by atoms with E-state index in [1.54, 1.807) is 0 Å². The Kier molecular flexibility index (Phi) is 6.73. The second kappa shape index (κ2) is 9.39. The molecule has 4 rings (SSSR count). The molecule has 0 aromatic heterocycles. The number of ether oxygens (including phenoxy) is 1. The third-order valence-corrected chi connectivity index (χ3v) is 9.45. The minimum atomic E-state index is -3.72. The van der Waals surface area contributed by atoms with Gasteiger partial charge in [0.05, 0.1) is 28.7 Å². The molecule has 0 unspecified atom stereocenters. The fourth-order valence-corrected chi connectivity index (χ4v) is 6.71. The van der Waals surface area contributed by atoms with E-state index in [-0.39, 0.29) is 39.9 Å². The Morgan fingerprint density at radius 3 is 2.00 bits per heavy atom. The molecule has 0 spiro atoms. The maximum absolute atomic E-state index is 12.8. The van der Waals surface area contributed by atoms with Crippen molar-refractivity contribution in [3.8, 4) is 5.75 Å². The van der Waals surface area contributed by atoms with E-state index in [9.17, 15) is 26.7 Å². The van der Waals surface area contributed by atoms with Gasteiger partial charge in [-0.3, -0.25) is 4.79 Å². The maximum atomic E-state index is 12.8. The quantitative estimate of drug-likeness (QED) is 0.580. The number of hydrogen-bond donors (Lipinski definition) is 2. The number of nitrogens with one attached hydrogen (secondary N) is 1. The van der Waals surface area contributed by atoms with Gasteiger partial charge in [-0.2, -0.15) is 8.61 Å². The molecule has 2 heterocycles. The lowest BCUT2D eigenvalue weighted by Crippen LogP contribution is -2.40. The van der Waals surface area contributed by atoms with Crippen LogP contribution in [0.1, 0.15) is 23.2 Å². The van der Waals surface area contributed by atoms with Crippen molar-refractivity contribution in [2.75, 3.05) is 44.7 Å². The summed E-state index contributed by atoms with van der Waals surface area (Å²) in [6.45, 7) is 2.06. The van der Waals surface area contributed by atoms with Gasteiger partial charge in [-0.15, -0.1) is 0 Å². The predicted octanol–water partition coefficient (Wildman–Crippen LogP) is 1.45. The first kappa shape index (κ1) is 23.6. The first-order valence-corrected chi connectivity index (χ1v) is 13.4. The van der Waals surface area contributed by atoms with E-state index in [0.29, 0.717) is 26.3 Å². The number of nitrogens with zero attached hydrogens (tertiary/aromatic N) is 2. The number of phenolic OH excluding ortho intramolecular Hbond substituents is 1. The summed E-state index contributed by atoms with van der Waals surface area (Å²) < 4.78 is 58.9. The molecule has 2 aliphatic rings. The van der Waals surface area contributed by atoms with Crippen LogP contribution in [-0.4, -0.2) is 75.9 Å².